The van der Waals surface area contributed by atoms with Gasteiger partial charge in [0.1, 0.15) is 0 Å². The summed E-state index contributed by atoms with van der Waals surface area (Å²) in [7, 11) is 0. The predicted octanol–water partition coefficient (Wildman–Crippen LogP) is 5.57. The van der Waals surface area contributed by atoms with Gasteiger partial charge in [0.2, 0.25) is 0 Å². The van der Waals surface area contributed by atoms with Crippen molar-refractivity contribution < 1.29 is 0 Å². The third kappa shape index (κ3) is 2.39. The van der Waals surface area contributed by atoms with Crippen LogP contribution in [0.1, 0.15) is 0 Å². The molecule has 3 aromatic heterocycles. The second-order valence-electron chi connectivity index (χ2n) is 5.77. The van der Waals surface area contributed by atoms with Crippen LogP contribution >= 0.6 is 11.3 Å². The van der Waals surface area contributed by atoms with Crippen molar-refractivity contribution in [1.82, 2.24) is 15.0 Å². The Morgan fingerprint density at radius 2 is 1.44 bits per heavy atom. The molecule has 0 bridgehead atoms. The zero-order valence-corrected chi connectivity index (χ0v) is 14.1. The van der Waals surface area contributed by atoms with E-state index in [1.807, 2.05) is 42.5 Å². The van der Waals surface area contributed by atoms with Gasteiger partial charge in [-0.15, -0.1) is 11.3 Å². The molecule has 5 rings (SSSR count). The fourth-order valence-electron chi connectivity index (χ4n) is 3.01. The normalized spacial score (nSPS) is 11.2. The van der Waals surface area contributed by atoms with E-state index >= 15 is 0 Å². The Hall–Kier alpha value is -3.11. The summed E-state index contributed by atoms with van der Waals surface area (Å²) in [6.45, 7) is 0. The summed E-state index contributed by atoms with van der Waals surface area (Å²) in [5.41, 5.74) is 4.06. The molecule has 0 fully saturated rings. The van der Waals surface area contributed by atoms with E-state index in [0.29, 0.717) is 0 Å². The van der Waals surface area contributed by atoms with Crippen LogP contribution in [0.25, 0.3) is 42.9 Å². The van der Waals surface area contributed by atoms with Crippen molar-refractivity contribution in [2.45, 2.75) is 0 Å². The molecule has 5 aromatic rings. The smallest absolute Gasteiger partial charge is 0.160 e. The number of hydrogen-bond donors (Lipinski definition) is 0. The van der Waals surface area contributed by atoms with Gasteiger partial charge in [-0.25, -0.2) is 9.97 Å². The highest BCUT2D eigenvalue weighted by atomic mass is 32.1. The Kier molecular flexibility index (Phi) is 3.28. The van der Waals surface area contributed by atoms with Crippen LogP contribution in [0.3, 0.4) is 0 Å². The van der Waals surface area contributed by atoms with Gasteiger partial charge in [0.15, 0.2) is 5.82 Å². The monoisotopic (exact) mass is 339 g/mol. The van der Waals surface area contributed by atoms with Gasteiger partial charge in [0.25, 0.3) is 0 Å². The van der Waals surface area contributed by atoms with Crippen molar-refractivity contribution in [2.24, 2.45) is 0 Å². The highest BCUT2D eigenvalue weighted by Crippen LogP contribution is 2.38. The lowest BCUT2D eigenvalue weighted by molar-refractivity contribution is 1.23. The summed E-state index contributed by atoms with van der Waals surface area (Å²) in [6, 6.07) is 22.5. The molecular formula is C21H13N3S. The Balaban J connectivity index is 1.90. The van der Waals surface area contributed by atoms with Crippen LogP contribution in [0.4, 0.5) is 0 Å². The van der Waals surface area contributed by atoms with Crippen LogP contribution in [-0.2, 0) is 0 Å². The van der Waals surface area contributed by atoms with E-state index in [1.165, 1.54) is 10.1 Å². The number of pyridine rings is 1. The van der Waals surface area contributed by atoms with E-state index in [2.05, 4.69) is 29.2 Å². The molecule has 0 N–H and O–H groups in total. The minimum Gasteiger partial charge on any atom is -0.265 e. The summed E-state index contributed by atoms with van der Waals surface area (Å²) >= 11 is 1.74. The molecule has 0 radical (unpaired) electrons. The minimum atomic E-state index is 0.753. The Labute approximate surface area is 148 Å². The zero-order valence-electron chi connectivity index (χ0n) is 13.3. The SMILES string of the molecule is c1ccc(-c2nc(-c3ccncc3)c3sc4ccccc4c3n2)cc1. The average molecular weight is 339 g/mol. The van der Waals surface area contributed by atoms with Crippen LogP contribution in [0.5, 0.6) is 0 Å². The van der Waals surface area contributed by atoms with Crippen LogP contribution in [0.15, 0.2) is 79.1 Å². The van der Waals surface area contributed by atoms with Gasteiger partial charge in [-0.3, -0.25) is 4.98 Å². The molecule has 3 nitrogen and oxygen atoms in total. The van der Waals surface area contributed by atoms with Crippen molar-refractivity contribution in [3.63, 3.8) is 0 Å². The molecule has 3 heterocycles. The summed E-state index contributed by atoms with van der Waals surface area (Å²) < 4.78 is 2.35. The van der Waals surface area contributed by atoms with Crippen LogP contribution in [-0.4, -0.2) is 15.0 Å². The molecule has 0 saturated heterocycles. The lowest BCUT2D eigenvalue weighted by atomic mass is 10.1. The number of nitrogens with zero attached hydrogens (tertiary/aromatic N) is 3. The highest BCUT2D eigenvalue weighted by Gasteiger charge is 2.15. The molecule has 0 spiro atoms. The molecule has 0 amide bonds. The fraction of sp³-hybridized carbons (Fsp3) is 0. The topological polar surface area (TPSA) is 38.7 Å². The number of thiophene rings is 1. The molecule has 0 atom stereocenters. The zero-order chi connectivity index (χ0) is 16.6. The first-order valence-corrected chi connectivity index (χ1v) is 8.87. The van der Waals surface area contributed by atoms with E-state index in [4.69, 9.17) is 9.97 Å². The summed E-state index contributed by atoms with van der Waals surface area (Å²) in [6.07, 6.45) is 3.61. The molecule has 118 valence electrons. The molecule has 25 heavy (non-hydrogen) atoms. The number of aromatic nitrogens is 3. The predicted molar refractivity (Wildman–Crippen MR) is 104 cm³/mol. The highest BCUT2D eigenvalue weighted by molar-refractivity contribution is 7.26. The standard InChI is InChI=1S/C21H13N3S/c1-2-6-15(7-3-1)21-23-18(14-10-12-22-13-11-14)20-19(24-21)16-8-4-5-9-17(16)25-20/h1-13H. The lowest BCUT2D eigenvalue weighted by Crippen LogP contribution is -1.93. The number of fused-ring (bicyclic) bond motifs is 3. The van der Waals surface area contributed by atoms with Gasteiger partial charge in [-0.2, -0.15) is 0 Å². The molecule has 4 heteroatoms. The molecule has 2 aromatic carbocycles. The second kappa shape index (κ2) is 5.76. The maximum atomic E-state index is 4.91. The first-order chi connectivity index (χ1) is 12.4. The van der Waals surface area contributed by atoms with Gasteiger partial charge < -0.3 is 0 Å². The third-order valence-electron chi connectivity index (χ3n) is 4.21. The Morgan fingerprint density at radius 3 is 2.28 bits per heavy atom. The number of rotatable bonds is 2. The van der Waals surface area contributed by atoms with E-state index in [1.54, 1.807) is 23.7 Å². The maximum Gasteiger partial charge on any atom is 0.160 e. The average Bonchev–Trinajstić information content (AvgIpc) is 3.07. The summed E-state index contributed by atoms with van der Waals surface area (Å²) in [5, 5.41) is 1.18. The molecule has 0 aliphatic heterocycles. The van der Waals surface area contributed by atoms with E-state index in [0.717, 1.165) is 32.9 Å². The van der Waals surface area contributed by atoms with E-state index in [9.17, 15) is 0 Å². The first kappa shape index (κ1) is 14.3. The van der Waals surface area contributed by atoms with Gasteiger partial charge in [-0.1, -0.05) is 48.5 Å². The molecule has 0 aliphatic carbocycles. The van der Waals surface area contributed by atoms with Crippen LogP contribution < -0.4 is 0 Å². The van der Waals surface area contributed by atoms with Crippen molar-refractivity contribution in [1.29, 1.82) is 0 Å². The largest absolute Gasteiger partial charge is 0.265 e. The Morgan fingerprint density at radius 1 is 0.680 bits per heavy atom. The summed E-state index contributed by atoms with van der Waals surface area (Å²) in [4.78, 5) is 13.9. The number of hydrogen-bond acceptors (Lipinski definition) is 4. The van der Waals surface area contributed by atoms with Crippen LogP contribution in [0, 0.1) is 0 Å². The van der Waals surface area contributed by atoms with Gasteiger partial charge in [0, 0.05) is 33.6 Å². The van der Waals surface area contributed by atoms with Gasteiger partial charge in [0.05, 0.1) is 15.9 Å². The molecule has 0 aliphatic rings. The first-order valence-electron chi connectivity index (χ1n) is 8.05. The molecular weight excluding hydrogens is 326 g/mol. The van der Waals surface area contributed by atoms with Crippen molar-refractivity contribution in [3.05, 3.63) is 79.1 Å². The van der Waals surface area contributed by atoms with E-state index in [-0.39, 0.29) is 0 Å². The number of benzene rings is 2. The molecule has 0 saturated carbocycles. The van der Waals surface area contributed by atoms with Gasteiger partial charge >= 0.3 is 0 Å². The minimum absolute atomic E-state index is 0.753. The fourth-order valence-corrected chi connectivity index (χ4v) is 4.17. The van der Waals surface area contributed by atoms with Crippen molar-refractivity contribution in [2.75, 3.05) is 0 Å². The molecule has 0 unspecified atom stereocenters. The van der Waals surface area contributed by atoms with Crippen molar-refractivity contribution in [3.8, 4) is 22.6 Å². The quantitative estimate of drug-likeness (QED) is 0.422. The third-order valence-corrected chi connectivity index (χ3v) is 5.37. The van der Waals surface area contributed by atoms with E-state index < -0.39 is 0 Å². The van der Waals surface area contributed by atoms with Gasteiger partial charge in [-0.05, 0) is 18.2 Å². The maximum absolute atomic E-state index is 4.91. The van der Waals surface area contributed by atoms with Crippen molar-refractivity contribution >= 4 is 31.6 Å². The summed E-state index contributed by atoms with van der Waals surface area (Å²) in [5.74, 6) is 0.753. The lowest BCUT2D eigenvalue weighted by Gasteiger charge is -2.06. The second-order valence-corrected chi connectivity index (χ2v) is 6.83. The Bertz CT molecular complexity index is 1180. The van der Waals surface area contributed by atoms with Crippen LogP contribution in [0.2, 0.25) is 0 Å².